The summed E-state index contributed by atoms with van der Waals surface area (Å²) in [6.07, 6.45) is 9.91. The number of rotatable bonds is 17. The Bertz CT molecular complexity index is 1450. The van der Waals surface area contributed by atoms with Gasteiger partial charge in [-0.25, -0.2) is 9.59 Å². The van der Waals surface area contributed by atoms with E-state index in [4.69, 9.17) is 46.5 Å². The topological polar surface area (TPSA) is 80.3 Å². The highest BCUT2D eigenvalue weighted by Gasteiger charge is 2.14. The van der Waals surface area contributed by atoms with Gasteiger partial charge in [0.2, 0.25) is 0 Å². The first-order valence-electron chi connectivity index (χ1n) is 15.2. The molecule has 0 fully saturated rings. The molecule has 3 aromatic carbocycles. The molecule has 0 spiro atoms. The van der Waals surface area contributed by atoms with E-state index in [2.05, 4.69) is 23.8 Å². The summed E-state index contributed by atoms with van der Waals surface area (Å²) in [7, 11) is 0. The van der Waals surface area contributed by atoms with Crippen molar-refractivity contribution in [3.63, 3.8) is 0 Å². The molecule has 1 atom stereocenters. The van der Waals surface area contributed by atoms with Gasteiger partial charge >= 0.3 is 11.9 Å². The van der Waals surface area contributed by atoms with Crippen molar-refractivity contribution >= 4 is 11.9 Å². The molecule has 0 heterocycles. The second-order valence-corrected chi connectivity index (χ2v) is 9.99. The zero-order valence-corrected chi connectivity index (χ0v) is 27.4. The van der Waals surface area contributed by atoms with Gasteiger partial charge in [-0.2, -0.15) is 4.89 Å². The molecule has 0 aromatic heterocycles. The Labute approximate surface area is 286 Å². The van der Waals surface area contributed by atoms with Gasteiger partial charge in [0.05, 0.1) is 30.4 Å². The molecule has 0 saturated heterocycles. The van der Waals surface area contributed by atoms with E-state index in [1.54, 1.807) is 36.4 Å². The average Bonchev–Trinajstić information content (AvgIpc) is 3.17. The smallest absolute Gasteiger partial charge is 0.343 e. The van der Waals surface area contributed by atoms with E-state index >= 15 is 0 Å². The van der Waals surface area contributed by atoms with Crippen molar-refractivity contribution in [2.45, 2.75) is 64.9 Å². The van der Waals surface area contributed by atoms with Crippen LogP contribution in [-0.4, -0.2) is 31.3 Å². The highest BCUT2D eigenvalue weighted by molar-refractivity contribution is 5.92. The molecule has 7 nitrogen and oxygen atoms in total. The Hall–Kier alpha value is -5.21. The van der Waals surface area contributed by atoms with E-state index in [-0.39, 0.29) is 12.1 Å². The predicted octanol–water partition coefficient (Wildman–Crippen LogP) is 10.6. The molecule has 0 N–H and O–H groups in total. The van der Waals surface area contributed by atoms with Gasteiger partial charge in [0, 0.05) is 39.3 Å². The van der Waals surface area contributed by atoms with Crippen LogP contribution in [0.25, 0.3) is 11.1 Å². The van der Waals surface area contributed by atoms with Crippen LogP contribution in [0.15, 0.2) is 72.8 Å². The maximum atomic E-state index is 12.7. The van der Waals surface area contributed by atoms with E-state index in [1.165, 1.54) is 12.8 Å². The lowest BCUT2D eigenvalue weighted by Gasteiger charge is -2.13. The maximum Gasteiger partial charge on any atom is 0.343 e. The quantitative estimate of drug-likeness (QED) is 0.0262. The first-order chi connectivity index (χ1) is 24.5. The summed E-state index contributed by atoms with van der Waals surface area (Å²) in [6.45, 7) is 4.90. The summed E-state index contributed by atoms with van der Waals surface area (Å²) in [4.78, 5) is 34.5. The number of hydrogen-bond acceptors (Lipinski definition) is 7. The standard InChI is InChI=1S/C36H37FO7.3F2/c1-3-4-5-6-11-28(2)43-35(38)32-18-22-34(23-19-32)44-36(39)31-14-12-29(13-15-31)30-16-20-33(21-17-30)40-25-9-10-27-42-41-26-8-7-24-37;3*1-2/h12-23,28H,3-6,9-11,25,27H2,1-2H3;;;. The van der Waals surface area contributed by atoms with E-state index < -0.39 is 5.97 Å². The van der Waals surface area contributed by atoms with Gasteiger partial charge in [0.15, 0.2) is 6.11 Å². The third-order valence-corrected chi connectivity index (χ3v) is 6.53. The van der Waals surface area contributed by atoms with Gasteiger partial charge in [-0.15, -0.1) is 4.39 Å². The van der Waals surface area contributed by atoms with Gasteiger partial charge in [0.25, 0.3) is 0 Å². The number of hydrogen-bond donors (Lipinski definition) is 0. The van der Waals surface area contributed by atoms with Crippen LogP contribution in [0.3, 0.4) is 0 Å². The lowest BCUT2D eigenvalue weighted by Crippen LogP contribution is -2.15. The monoisotopic (exact) mass is 714 g/mol. The molecular formula is C36H37F7O7. The van der Waals surface area contributed by atoms with Crippen molar-refractivity contribution in [3.05, 3.63) is 83.9 Å². The summed E-state index contributed by atoms with van der Waals surface area (Å²) in [5.41, 5.74) is 2.73. The molecule has 3 rings (SSSR count). The van der Waals surface area contributed by atoms with Crippen LogP contribution < -0.4 is 9.47 Å². The van der Waals surface area contributed by atoms with Crippen molar-refractivity contribution in [1.82, 2.24) is 0 Å². The highest BCUT2D eigenvalue weighted by atomic mass is 20.0. The van der Waals surface area contributed by atoms with Crippen LogP contribution >= 0.6 is 0 Å². The molecular weight excluding hydrogens is 677 g/mol. The molecule has 50 heavy (non-hydrogen) atoms. The summed E-state index contributed by atoms with van der Waals surface area (Å²) in [5.74, 6) is 4.20. The molecule has 14 heteroatoms. The van der Waals surface area contributed by atoms with Gasteiger partial charge in [-0.3, -0.25) is 4.89 Å². The lowest BCUT2D eigenvalue weighted by molar-refractivity contribution is -0.237. The van der Waals surface area contributed by atoms with Crippen molar-refractivity contribution in [2.24, 2.45) is 0 Å². The Morgan fingerprint density at radius 3 is 1.80 bits per heavy atom. The van der Waals surface area contributed by atoms with Crippen molar-refractivity contribution < 1.29 is 65.4 Å². The number of ether oxygens (including phenoxy) is 3. The molecule has 3 aromatic rings. The molecule has 0 aliphatic carbocycles. The molecule has 0 amide bonds. The lowest BCUT2D eigenvalue weighted by atomic mass is 10.0. The zero-order chi connectivity index (χ0) is 37.4. The van der Waals surface area contributed by atoms with E-state index in [1.807, 2.05) is 49.2 Å². The molecule has 1 unspecified atom stereocenters. The fraction of sp³-hybridized carbons (Fsp3) is 0.333. The second kappa shape index (κ2) is 29.9. The van der Waals surface area contributed by atoms with Crippen LogP contribution in [0.4, 0.5) is 31.8 Å². The van der Waals surface area contributed by atoms with Crippen LogP contribution in [0.1, 0.15) is 79.5 Å². The summed E-state index contributed by atoms with van der Waals surface area (Å²) in [5, 5.41) is 0. The third-order valence-electron chi connectivity index (χ3n) is 6.53. The first-order valence-corrected chi connectivity index (χ1v) is 15.2. The minimum Gasteiger partial charge on any atom is -0.494 e. The first kappa shape index (κ1) is 44.8. The average molecular weight is 715 g/mol. The van der Waals surface area contributed by atoms with Crippen LogP contribution in [0.2, 0.25) is 0 Å². The van der Waals surface area contributed by atoms with Gasteiger partial charge in [-0.05, 0) is 92.3 Å². The highest BCUT2D eigenvalue weighted by Crippen LogP contribution is 2.24. The van der Waals surface area contributed by atoms with E-state index in [0.717, 1.165) is 48.7 Å². The van der Waals surface area contributed by atoms with Gasteiger partial charge in [-0.1, -0.05) is 50.5 Å². The van der Waals surface area contributed by atoms with Crippen molar-refractivity contribution in [1.29, 1.82) is 0 Å². The maximum absolute atomic E-state index is 12.7. The number of benzene rings is 3. The molecule has 0 radical (unpaired) electrons. The number of unbranched alkanes of at least 4 members (excludes halogenated alkanes) is 4. The Morgan fingerprint density at radius 2 is 1.20 bits per heavy atom. The van der Waals surface area contributed by atoms with Crippen molar-refractivity contribution in [3.8, 4) is 46.7 Å². The second-order valence-electron chi connectivity index (χ2n) is 9.99. The van der Waals surface area contributed by atoms with Gasteiger partial charge < -0.3 is 14.2 Å². The predicted molar refractivity (Wildman–Crippen MR) is 172 cm³/mol. The normalized spacial score (nSPS) is 9.86. The van der Waals surface area contributed by atoms with Gasteiger partial charge in [0.1, 0.15) is 17.7 Å². The van der Waals surface area contributed by atoms with Crippen LogP contribution in [0, 0.1) is 24.1 Å². The molecule has 0 bridgehead atoms. The van der Waals surface area contributed by atoms with Crippen molar-refractivity contribution in [2.75, 3.05) is 13.2 Å². The molecule has 0 aliphatic heterocycles. The van der Waals surface area contributed by atoms with E-state index in [0.29, 0.717) is 36.5 Å². The Morgan fingerprint density at radius 1 is 0.660 bits per heavy atom. The van der Waals surface area contributed by atoms with E-state index in [9.17, 15) is 14.0 Å². The fourth-order valence-electron chi connectivity index (χ4n) is 4.13. The summed E-state index contributed by atoms with van der Waals surface area (Å²) >= 11 is 0. The summed E-state index contributed by atoms with van der Waals surface area (Å²) in [6, 6.07) is 21.1. The molecule has 272 valence electrons. The summed E-state index contributed by atoms with van der Waals surface area (Å²) < 4.78 is 76.3. The molecule has 0 saturated carbocycles. The van der Waals surface area contributed by atoms with Crippen LogP contribution in [-0.2, 0) is 14.5 Å². The Kier molecular flexibility index (Phi) is 26.8. The fourth-order valence-corrected chi connectivity index (χ4v) is 4.13. The minimum absolute atomic E-state index is 0.145. The third kappa shape index (κ3) is 19.0. The zero-order valence-electron chi connectivity index (χ0n) is 27.4. The minimum atomic E-state index is -0.493. The van der Waals surface area contributed by atoms with Crippen LogP contribution in [0.5, 0.6) is 11.5 Å². The number of esters is 2. The number of halogens is 7. The largest absolute Gasteiger partial charge is 0.494 e. The Balaban J connectivity index is 0.00000379. The molecule has 0 aliphatic rings. The SMILES string of the molecule is CCCCCCC(C)OC(=O)c1ccc(OC(=O)c2ccc(-c3ccc(OCCCCOOC#CC#CF)cc3)cc2)cc1.FF.FF.FF. The number of carbonyl (C=O) groups is 2. The number of carbonyl (C=O) groups excluding carboxylic acids is 2.